The van der Waals surface area contributed by atoms with Crippen molar-refractivity contribution in [2.75, 3.05) is 10.6 Å². The summed E-state index contributed by atoms with van der Waals surface area (Å²) in [6.07, 6.45) is 2.92. The number of hydrazone groups is 2. The highest BCUT2D eigenvalue weighted by Gasteiger charge is 1.97. The number of amides is 4. The molecule has 0 aliphatic carbocycles. The van der Waals surface area contributed by atoms with Crippen LogP contribution in [0, 0.1) is 0 Å². The number of hydrogen-bond donors (Lipinski definition) is 4. The van der Waals surface area contributed by atoms with E-state index in [1.807, 2.05) is 0 Å². The fraction of sp³-hybridized carbons (Fsp3) is 0.105. The summed E-state index contributed by atoms with van der Waals surface area (Å²) >= 11 is 0. The highest BCUT2D eigenvalue weighted by atomic mass is 16.2. The second kappa shape index (κ2) is 10.2. The van der Waals surface area contributed by atoms with Gasteiger partial charge in [0.2, 0.25) is 11.8 Å². The van der Waals surface area contributed by atoms with E-state index >= 15 is 0 Å². The Labute approximate surface area is 161 Å². The molecule has 0 fully saturated rings. The summed E-state index contributed by atoms with van der Waals surface area (Å²) in [4.78, 5) is 33.5. The molecule has 0 heterocycles. The maximum Gasteiger partial charge on any atom is 0.355 e. The Morgan fingerprint density at radius 1 is 0.679 bits per heavy atom. The summed E-state index contributed by atoms with van der Waals surface area (Å²) in [5, 5.41) is 12.9. The minimum atomic E-state index is -0.600. The number of nitrogens with zero attached hydrogens (tertiary/aromatic N) is 2. The molecule has 0 saturated carbocycles. The second-order valence-corrected chi connectivity index (χ2v) is 5.68. The van der Waals surface area contributed by atoms with Gasteiger partial charge in [0, 0.05) is 25.2 Å². The minimum Gasteiger partial charge on any atom is -0.326 e. The molecule has 0 radical (unpaired) electrons. The summed E-state index contributed by atoms with van der Waals surface area (Å²) in [6, 6.07) is 13.3. The van der Waals surface area contributed by atoms with E-state index in [1.54, 1.807) is 48.5 Å². The number of urea groups is 1. The van der Waals surface area contributed by atoms with Crippen molar-refractivity contribution in [3.63, 3.8) is 0 Å². The fourth-order valence-corrected chi connectivity index (χ4v) is 2.07. The average molecular weight is 380 g/mol. The van der Waals surface area contributed by atoms with Gasteiger partial charge in [-0.2, -0.15) is 10.2 Å². The van der Waals surface area contributed by atoms with Crippen molar-refractivity contribution in [3.8, 4) is 0 Å². The van der Waals surface area contributed by atoms with Crippen LogP contribution in [0.15, 0.2) is 58.7 Å². The third-order valence-corrected chi connectivity index (χ3v) is 3.22. The first-order chi connectivity index (χ1) is 13.4. The van der Waals surface area contributed by atoms with Crippen LogP contribution in [0.4, 0.5) is 16.2 Å². The van der Waals surface area contributed by atoms with Gasteiger partial charge >= 0.3 is 6.03 Å². The number of carbonyl (C=O) groups is 3. The van der Waals surface area contributed by atoms with Crippen LogP contribution in [0.3, 0.4) is 0 Å². The van der Waals surface area contributed by atoms with E-state index in [4.69, 9.17) is 0 Å². The van der Waals surface area contributed by atoms with Gasteiger partial charge in [0.25, 0.3) is 0 Å². The predicted molar refractivity (Wildman–Crippen MR) is 108 cm³/mol. The Hall–Kier alpha value is -4.01. The minimum absolute atomic E-state index is 0.149. The van der Waals surface area contributed by atoms with Gasteiger partial charge in [-0.1, -0.05) is 24.3 Å². The van der Waals surface area contributed by atoms with E-state index in [0.29, 0.717) is 11.4 Å². The molecule has 4 N–H and O–H groups in total. The number of rotatable bonds is 6. The summed E-state index contributed by atoms with van der Waals surface area (Å²) in [5.41, 5.74) is 7.41. The van der Waals surface area contributed by atoms with Gasteiger partial charge in [-0.05, 0) is 35.4 Å². The lowest BCUT2D eigenvalue weighted by Gasteiger charge is -2.02. The van der Waals surface area contributed by atoms with Gasteiger partial charge in [0.1, 0.15) is 0 Å². The Kier molecular flexibility index (Phi) is 7.41. The molecule has 2 aromatic carbocycles. The Bertz CT molecular complexity index is 815. The first kappa shape index (κ1) is 20.3. The molecule has 0 unspecified atom stereocenters. The topological polar surface area (TPSA) is 124 Å². The summed E-state index contributed by atoms with van der Waals surface area (Å²) in [7, 11) is 0. The van der Waals surface area contributed by atoms with Crippen molar-refractivity contribution in [1.29, 1.82) is 0 Å². The van der Waals surface area contributed by atoms with Crippen molar-refractivity contribution in [2.24, 2.45) is 10.2 Å². The molecule has 0 atom stereocenters. The zero-order valence-electron chi connectivity index (χ0n) is 15.4. The van der Waals surface area contributed by atoms with Crippen molar-refractivity contribution < 1.29 is 14.4 Å². The summed E-state index contributed by atoms with van der Waals surface area (Å²) in [6.45, 7) is 2.86. The van der Waals surface area contributed by atoms with Crippen LogP contribution in [0.1, 0.15) is 25.0 Å². The van der Waals surface area contributed by atoms with Gasteiger partial charge < -0.3 is 10.6 Å². The van der Waals surface area contributed by atoms with E-state index in [2.05, 4.69) is 31.7 Å². The zero-order valence-corrected chi connectivity index (χ0v) is 15.4. The standard InChI is InChI=1S/C19H20N6O3/c1-13(26)22-17-7-3-15(4-8-17)11-20-24-19(28)25-21-12-16-5-9-18(10-6-16)23-14(2)27/h3-12H,1-2H3,(H,22,26)(H,23,27)(H2,24,25,28)/b20-11+,21-12?. The highest BCUT2D eigenvalue weighted by Crippen LogP contribution is 2.08. The monoisotopic (exact) mass is 380 g/mol. The van der Waals surface area contributed by atoms with Crippen molar-refractivity contribution in [1.82, 2.24) is 10.9 Å². The predicted octanol–water partition coefficient (Wildman–Crippen LogP) is 2.27. The molecular weight excluding hydrogens is 360 g/mol. The molecule has 28 heavy (non-hydrogen) atoms. The van der Waals surface area contributed by atoms with Crippen molar-refractivity contribution in [2.45, 2.75) is 13.8 Å². The first-order valence-electron chi connectivity index (χ1n) is 8.30. The van der Waals surface area contributed by atoms with E-state index in [1.165, 1.54) is 26.3 Å². The molecule has 2 aromatic rings. The molecule has 0 aromatic heterocycles. The Balaban J connectivity index is 1.77. The fourth-order valence-electron chi connectivity index (χ4n) is 2.07. The van der Waals surface area contributed by atoms with E-state index in [9.17, 15) is 14.4 Å². The van der Waals surface area contributed by atoms with Crippen molar-refractivity contribution in [3.05, 3.63) is 59.7 Å². The molecule has 0 aliphatic rings. The molecule has 0 spiro atoms. The lowest BCUT2D eigenvalue weighted by Crippen LogP contribution is -2.28. The number of benzene rings is 2. The first-order valence-corrected chi connectivity index (χ1v) is 8.30. The van der Waals surface area contributed by atoms with Crippen LogP contribution in [-0.2, 0) is 9.59 Å². The third-order valence-electron chi connectivity index (χ3n) is 3.22. The molecule has 2 rings (SSSR count). The van der Waals surface area contributed by atoms with Gasteiger partial charge in [-0.3, -0.25) is 9.59 Å². The number of anilines is 2. The highest BCUT2D eigenvalue weighted by molar-refractivity contribution is 5.90. The van der Waals surface area contributed by atoms with Crippen LogP contribution >= 0.6 is 0 Å². The second-order valence-electron chi connectivity index (χ2n) is 5.68. The van der Waals surface area contributed by atoms with Crippen LogP contribution in [0.2, 0.25) is 0 Å². The SMILES string of the molecule is CC(=O)Nc1ccc(C=NNC(=O)N/N=C/c2ccc(NC(C)=O)cc2)cc1. The van der Waals surface area contributed by atoms with E-state index < -0.39 is 6.03 Å². The smallest absolute Gasteiger partial charge is 0.326 e. The maximum atomic E-state index is 11.6. The number of hydrogen-bond acceptors (Lipinski definition) is 5. The Morgan fingerprint density at radius 2 is 1.04 bits per heavy atom. The van der Waals surface area contributed by atoms with Crippen LogP contribution in [-0.4, -0.2) is 30.3 Å². The lowest BCUT2D eigenvalue weighted by atomic mass is 10.2. The van der Waals surface area contributed by atoms with Crippen LogP contribution < -0.4 is 21.5 Å². The zero-order chi connectivity index (χ0) is 20.4. The van der Waals surface area contributed by atoms with E-state index in [0.717, 1.165) is 11.1 Å². The molecule has 0 saturated heterocycles. The van der Waals surface area contributed by atoms with E-state index in [-0.39, 0.29) is 11.8 Å². The quantitative estimate of drug-likeness (QED) is 0.454. The normalized spacial score (nSPS) is 10.6. The average Bonchev–Trinajstić information content (AvgIpc) is 2.64. The lowest BCUT2D eigenvalue weighted by molar-refractivity contribution is -0.115. The largest absolute Gasteiger partial charge is 0.355 e. The van der Waals surface area contributed by atoms with Gasteiger partial charge in [0.15, 0.2) is 0 Å². The molecule has 9 nitrogen and oxygen atoms in total. The summed E-state index contributed by atoms with van der Waals surface area (Å²) in [5.74, 6) is -0.298. The molecule has 144 valence electrons. The molecule has 0 bridgehead atoms. The third kappa shape index (κ3) is 7.48. The van der Waals surface area contributed by atoms with Crippen LogP contribution in [0.5, 0.6) is 0 Å². The number of carbonyl (C=O) groups excluding carboxylic acids is 3. The Morgan fingerprint density at radius 3 is 1.36 bits per heavy atom. The molecule has 0 aliphatic heterocycles. The molecule has 4 amide bonds. The summed E-state index contributed by atoms with van der Waals surface area (Å²) < 4.78 is 0. The van der Waals surface area contributed by atoms with Gasteiger partial charge in [-0.15, -0.1) is 0 Å². The molecular formula is C19H20N6O3. The van der Waals surface area contributed by atoms with Gasteiger partial charge in [-0.25, -0.2) is 15.6 Å². The number of nitrogens with one attached hydrogen (secondary N) is 4. The maximum absolute atomic E-state index is 11.6. The van der Waals surface area contributed by atoms with Crippen molar-refractivity contribution >= 4 is 41.6 Å². The van der Waals surface area contributed by atoms with Gasteiger partial charge in [0.05, 0.1) is 12.4 Å². The van der Waals surface area contributed by atoms with Crippen LogP contribution in [0.25, 0.3) is 0 Å². The molecule has 9 heteroatoms.